The van der Waals surface area contributed by atoms with Crippen molar-refractivity contribution in [1.82, 2.24) is 9.36 Å². The van der Waals surface area contributed by atoms with Gasteiger partial charge in [-0.1, -0.05) is 5.92 Å². The van der Waals surface area contributed by atoms with Crippen LogP contribution in [-0.2, 0) is 0 Å². The second-order valence-corrected chi connectivity index (χ2v) is 5.27. The third-order valence-electron chi connectivity index (χ3n) is 2.09. The highest BCUT2D eigenvalue weighted by atomic mass is 32.2. The second kappa shape index (κ2) is 5.38. The van der Waals surface area contributed by atoms with Crippen molar-refractivity contribution < 1.29 is 0 Å². The quantitative estimate of drug-likeness (QED) is 0.610. The fourth-order valence-corrected chi connectivity index (χ4v) is 2.35. The zero-order valence-electron chi connectivity index (χ0n) is 8.40. The fraction of sp³-hybridized carbons (Fsp3) is 0.600. The molecule has 1 heterocycles. The second-order valence-electron chi connectivity index (χ2n) is 3.42. The number of nitrogens with zero attached hydrogens (tertiary/aromatic N) is 2. The van der Waals surface area contributed by atoms with E-state index in [1.54, 1.807) is 11.8 Å². The van der Waals surface area contributed by atoms with Gasteiger partial charge in [0.05, 0.1) is 5.75 Å². The van der Waals surface area contributed by atoms with E-state index in [4.69, 9.17) is 6.42 Å². The topological polar surface area (TPSA) is 37.8 Å². The van der Waals surface area contributed by atoms with E-state index in [1.165, 1.54) is 24.4 Å². The first-order chi connectivity index (χ1) is 7.40. The summed E-state index contributed by atoms with van der Waals surface area (Å²) in [5, 5.41) is 4.20. The predicted octanol–water partition coefficient (Wildman–Crippen LogP) is 2.19. The molecule has 80 valence electrons. The molecular formula is C10H13N3S2. The van der Waals surface area contributed by atoms with Crippen molar-refractivity contribution in [1.29, 1.82) is 0 Å². The Morgan fingerprint density at radius 3 is 3.20 bits per heavy atom. The number of rotatable bonds is 6. The molecular weight excluding hydrogens is 226 g/mol. The summed E-state index contributed by atoms with van der Waals surface area (Å²) in [5.74, 6) is 6.08. The zero-order chi connectivity index (χ0) is 10.5. The maximum Gasteiger partial charge on any atom is 0.202 e. The van der Waals surface area contributed by atoms with E-state index >= 15 is 0 Å². The summed E-state index contributed by atoms with van der Waals surface area (Å²) in [5.41, 5.74) is 0. The molecule has 1 aliphatic rings. The molecule has 1 saturated carbocycles. The van der Waals surface area contributed by atoms with Gasteiger partial charge in [-0.15, -0.1) is 18.2 Å². The SMILES string of the molecule is C#CCSCCNc1nc(C2CC2)ns1. The number of hydrogen-bond donors (Lipinski definition) is 1. The molecule has 0 unspecified atom stereocenters. The average Bonchev–Trinajstić information content (AvgIpc) is 2.99. The highest BCUT2D eigenvalue weighted by Gasteiger charge is 2.27. The van der Waals surface area contributed by atoms with Crippen molar-refractivity contribution in [3.8, 4) is 12.3 Å². The Hall–Kier alpha value is -0.730. The molecule has 0 atom stereocenters. The third kappa shape index (κ3) is 3.40. The van der Waals surface area contributed by atoms with Crippen molar-refractivity contribution in [3.63, 3.8) is 0 Å². The summed E-state index contributed by atoms with van der Waals surface area (Å²) in [4.78, 5) is 4.44. The Bertz CT molecular complexity index is 352. The Labute approximate surface area is 98.2 Å². The van der Waals surface area contributed by atoms with Gasteiger partial charge in [0.2, 0.25) is 5.13 Å². The van der Waals surface area contributed by atoms with Crippen LogP contribution in [0.2, 0.25) is 0 Å². The van der Waals surface area contributed by atoms with Crippen LogP contribution in [0.3, 0.4) is 0 Å². The summed E-state index contributed by atoms with van der Waals surface area (Å²) in [6.45, 7) is 0.908. The van der Waals surface area contributed by atoms with E-state index in [2.05, 4.69) is 20.6 Å². The molecule has 0 spiro atoms. The predicted molar refractivity (Wildman–Crippen MR) is 66.5 cm³/mol. The standard InChI is InChI=1S/C10H13N3S2/c1-2-6-14-7-5-11-10-12-9(13-15-10)8-3-4-8/h1,8H,3-7H2,(H,11,12,13). The van der Waals surface area contributed by atoms with E-state index < -0.39 is 0 Å². The Morgan fingerprint density at radius 2 is 2.47 bits per heavy atom. The zero-order valence-corrected chi connectivity index (χ0v) is 10.0. The lowest BCUT2D eigenvalue weighted by Crippen LogP contribution is -2.03. The van der Waals surface area contributed by atoms with E-state index in [1.807, 2.05) is 0 Å². The largest absolute Gasteiger partial charge is 0.359 e. The Balaban J connectivity index is 1.67. The molecule has 0 saturated heterocycles. The molecule has 15 heavy (non-hydrogen) atoms. The van der Waals surface area contributed by atoms with Crippen molar-refractivity contribution in [2.75, 3.05) is 23.4 Å². The maximum atomic E-state index is 5.15. The molecule has 2 rings (SSSR count). The van der Waals surface area contributed by atoms with E-state index in [0.717, 1.165) is 29.0 Å². The number of hydrogen-bond acceptors (Lipinski definition) is 5. The molecule has 0 amide bonds. The third-order valence-corrected chi connectivity index (χ3v) is 3.64. The molecule has 1 aromatic heterocycles. The van der Waals surface area contributed by atoms with E-state index in [0.29, 0.717) is 5.92 Å². The highest BCUT2D eigenvalue weighted by Crippen LogP contribution is 2.39. The van der Waals surface area contributed by atoms with Gasteiger partial charge in [0.25, 0.3) is 0 Å². The Kier molecular flexibility index (Phi) is 3.87. The first kappa shape index (κ1) is 10.8. The average molecular weight is 239 g/mol. The molecule has 1 N–H and O–H groups in total. The minimum absolute atomic E-state index is 0.646. The van der Waals surface area contributed by atoms with Gasteiger partial charge in [-0.05, 0) is 12.8 Å². The number of anilines is 1. The van der Waals surface area contributed by atoms with Crippen LogP contribution in [0, 0.1) is 12.3 Å². The molecule has 0 radical (unpaired) electrons. The van der Waals surface area contributed by atoms with Crippen LogP contribution >= 0.6 is 23.3 Å². The minimum atomic E-state index is 0.646. The van der Waals surface area contributed by atoms with Gasteiger partial charge in [-0.3, -0.25) is 0 Å². The Morgan fingerprint density at radius 1 is 1.60 bits per heavy atom. The van der Waals surface area contributed by atoms with Gasteiger partial charge in [0.1, 0.15) is 5.82 Å². The lowest BCUT2D eigenvalue weighted by Gasteiger charge is -1.99. The maximum absolute atomic E-state index is 5.15. The summed E-state index contributed by atoms with van der Waals surface area (Å²) < 4.78 is 4.32. The molecule has 0 bridgehead atoms. The van der Waals surface area contributed by atoms with E-state index in [9.17, 15) is 0 Å². The summed E-state index contributed by atoms with van der Waals surface area (Å²) >= 11 is 3.22. The van der Waals surface area contributed by atoms with Gasteiger partial charge >= 0.3 is 0 Å². The van der Waals surface area contributed by atoms with Crippen LogP contribution in [-0.4, -0.2) is 27.4 Å². The van der Waals surface area contributed by atoms with Gasteiger partial charge in [-0.2, -0.15) is 4.37 Å². The fourth-order valence-electron chi connectivity index (χ4n) is 1.18. The molecule has 0 aromatic carbocycles. The van der Waals surface area contributed by atoms with Gasteiger partial charge in [-0.25, -0.2) is 4.98 Å². The van der Waals surface area contributed by atoms with Crippen LogP contribution < -0.4 is 5.32 Å². The smallest absolute Gasteiger partial charge is 0.202 e. The monoisotopic (exact) mass is 239 g/mol. The molecule has 3 nitrogen and oxygen atoms in total. The molecule has 1 aromatic rings. The normalized spacial score (nSPS) is 14.9. The van der Waals surface area contributed by atoms with Crippen LogP contribution in [0.15, 0.2) is 0 Å². The van der Waals surface area contributed by atoms with Crippen molar-refractivity contribution in [2.45, 2.75) is 18.8 Å². The molecule has 1 aliphatic carbocycles. The molecule has 1 fully saturated rings. The van der Waals surface area contributed by atoms with Crippen LogP contribution in [0.25, 0.3) is 0 Å². The minimum Gasteiger partial charge on any atom is -0.359 e. The van der Waals surface area contributed by atoms with Gasteiger partial charge in [0.15, 0.2) is 0 Å². The summed E-state index contributed by atoms with van der Waals surface area (Å²) in [6, 6.07) is 0. The number of terminal acetylenes is 1. The number of aromatic nitrogens is 2. The summed E-state index contributed by atoms with van der Waals surface area (Å²) in [7, 11) is 0. The van der Waals surface area contributed by atoms with Gasteiger partial charge in [0, 0.05) is 29.7 Å². The molecule has 5 heteroatoms. The van der Waals surface area contributed by atoms with Crippen LogP contribution in [0.4, 0.5) is 5.13 Å². The number of thioether (sulfide) groups is 1. The lowest BCUT2D eigenvalue weighted by molar-refractivity contribution is 0.983. The van der Waals surface area contributed by atoms with Crippen molar-refractivity contribution in [2.24, 2.45) is 0 Å². The van der Waals surface area contributed by atoms with Crippen LogP contribution in [0.1, 0.15) is 24.6 Å². The first-order valence-corrected chi connectivity index (χ1v) is 6.91. The van der Waals surface area contributed by atoms with Crippen molar-refractivity contribution in [3.05, 3.63) is 5.82 Å². The van der Waals surface area contributed by atoms with Gasteiger partial charge < -0.3 is 5.32 Å². The number of nitrogens with one attached hydrogen (secondary N) is 1. The first-order valence-electron chi connectivity index (χ1n) is 4.99. The van der Waals surface area contributed by atoms with Crippen LogP contribution in [0.5, 0.6) is 0 Å². The molecule has 0 aliphatic heterocycles. The summed E-state index contributed by atoms with van der Waals surface area (Å²) in [6.07, 6.45) is 7.67. The van der Waals surface area contributed by atoms with E-state index in [-0.39, 0.29) is 0 Å². The lowest BCUT2D eigenvalue weighted by atomic mass is 10.4. The highest BCUT2D eigenvalue weighted by molar-refractivity contribution is 7.99. The van der Waals surface area contributed by atoms with Crippen molar-refractivity contribution >= 4 is 28.4 Å².